The molecule has 14 heavy (non-hydrogen) atoms. The van der Waals surface area contributed by atoms with Crippen LogP contribution in [0, 0.1) is 0 Å². The van der Waals surface area contributed by atoms with E-state index in [1.54, 1.807) is 0 Å². The lowest BCUT2D eigenvalue weighted by atomic mass is 10.4. The Morgan fingerprint density at radius 3 is 1.64 bits per heavy atom. The first-order valence-electron chi connectivity index (χ1n) is 5.74. The fourth-order valence-corrected chi connectivity index (χ4v) is 7.82. The van der Waals surface area contributed by atoms with Crippen molar-refractivity contribution in [1.82, 2.24) is 9.13 Å². The van der Waals surface area contributed by atoms with E-state index in [0.29, 0.717) is 0 Å². The summed E-state index contributed by atoms with van der Waals surface area (Å²) in [5.74, 6) is 0. The third-order valence-electron chi connectivity index (χ3n) is 3.37. The molecule has 0 rings (SSSR count). The van der Waals surface area contributed by atoms with Crippen LogP contribution in [0.1, 0.15) is 33.6 Å². The van der Waals surface area contributed by atoms with Gasteiger partial charge in [-0.25, -0.2) is 0 Å². The van der Waals surface area contributed by atoms with Gasteiger partial charge in [-0.1, -0.05) is 33.6 Å². The monoisotopic (exact) mass is 216 g/mol. The lowest BCUT2D eigenvalue weighted by Gasteiger charge is -2.46. The van der Waals surface area contributed by atoms with Crippen LogP contribution in [0.25, 0.3) is 0 Å². The minimum Gasteiger partial charge on any atom is -0.317 e. The van der Waals surface area contributed by atoms with Gasteiger partial charge in [0, 0.05) is 0 Å². The summed E-state index contributed by atoms with van der Waals surface area (Å²) in [5, 5.41) is 0. The quantitative estimate of drug-likeness (QED) is 0.630. The van der Waals surface area contributed by atoms with Crippen LogP contribution in [-0.2, 0) is 0 Å². The molecule has 0 atom stereocenters. The van der Waals surface area contributed by atoms with E-state index in [1.165, 1.54) is 18.9 Å². The molecule has 0 aliphatic carbocycles. The molecule has 86 valence electrons. The molecule has 0 saturated heterocycles. The molecule has 0 bridgehead atoms. The van der Waals surface area contributed by atoms with Crippen molar-refractivity contribution in [2.45, 2.75) is 45.2 Å². The summed E-state index contributed by atoms with van der Waals surface area (Å²) in [4.78, 5) is 0. The molecule has 0 amide bonds. The Morgan fingerprint density at radius 2 is 1.43 bits per heavy atom. The molecule has 0 unspecified atom stereocenters. The molecular formula is C11H28N2Si. The van der Waals surface area contributed by atoms with E-state index in [9.17, 15) is 0 Å². The summed E-state index contributed by atoms with van der Waals surface area (Å²) in [6.45, 7) is 7.04. The molecule has 0 aromatic rings. The fraction of sp³-hybridized carbons (Fsp3) is 1.00. The summed E-state index contributed by atoms with van der Waals surface area (Å²) in [5.41, 5.74) is 0.791. The Hall–Kier alpha value is 0.137. The topological polar surface area (TPSA) is 6.48 Å². The second-order valence-electron chi connectivity index (χ2n) is 4.93. The predicted molar refractivity (Wildman–Crippen MR) is 67.9 cm³/mol. The van der Waals surface area contributed by atoms with E-state index in [4.69, 9.17) is 0 Å². The molecule has 3 heteroatoms. The highest BCUT2D eigenvalue weighted by molar-refractivity contribution is 6.75. The zero-order valence-electron chi connectivity index (χ0n) is 11.1. The number of hydrogen-bond acceptors (Lipinski definition) is 2. The maximum Gasteiger partial charge on any atom is 0.208 e. The fourth-order valence-electron chi connectivity index (χ4n) is 2.61. The normalized spacial score (nSPS) is 13.3. The van der Waals surface area contributed by atoms with Gasteiger partial charge < -0.3 is 9.13 Å². The van der Waals surface area contributed by atoms with Gasteiger partial charge in [0.1, 0.15) is 0 Å². The zero-order valence-corrected chi connectivity index (χ0v) is 12.1. The molecule has 0 fully saturated rings. The predicted octanol–water partition coefficient (Wildman–Crippen LogP) is 2.76. The lowest BCUT2D eigenvalue weighted by Crippen LogP contribution is -2.62. The Morgan fingerprint density at radius 1 is 1.00 bits per heavy atom. The summed E-state index contributed by atoms with van der Waals surface area (Å²) in [7, 11) is 7.63. The third kappa shape index (κ3) is 2.81. The standard InChI is InChI=1S/C11H28N2Si/c1-8-9-10-14(11(2)3,12(4)5)13(6)7/h11H,8-10H2,1-7H3. The summed E-state index contributed by atoms with van der Waals surface area (Å²) < 4.78 is 5.01. The van der Waals surface area contributed by atoms with Gasteiger partial charge >= 0.3 is 0 Å². The molecule has 0 saturated carbocycles. The first-order valence-corrected chi connectivity index (χ1v) is 7.92. The second-order valence-corrected chi connectivity index (χ2v) is 10.1. The minimum absolute atomic E-state index is 0.791. The Balaban J connectivity index is 4.76. The SMILES string of the molecule is CCCC[Si](C(C)C)(N(C)C)N(C)C. The van der Waals surface area contributed by atoms with Crippen molar-refractivity contribution in [3.63, 3.8) is 0 Å². The Labute approximate surface area is 91.4 Å². The molecule has 0 spiro atoms. The van der Waals surface area contributed by atoms with Crippen molar-refractivity contribution in [1.29, 1.82) is 0 Å². The van der Waals surface area contributed by atoms with Gasteiger partial charge in [0.2, 0.25) is 8.40 Å². The maximum absolute atomic E-state index is 2.51. The van der Waals surface area contributed by atoms with Crippen LogP contribution in [0.4, 0.5) is 0 Å². The van der Waals surface area contributed by atoms with Gasteiger partial charge in [-0.3, -0.25) is 0 Å². The van der Waals surface area contributed by atoms with Crippen LogP contribution in [0.5, 0.6) is 0 Å². The molecule has 0 aliphatic heterocycles. The highest BCUT2D eigenvalue weighted by atomic mass is 28.3. The van der Waals surface area contributed by atoms with Gasteiger partial charge in [-0.05, 0) is 39.8 Å². The Kier molecular flexibility index (Phi) is 5.94. The zero-order chi connectivity index (χ0) is 11.4. The van der Waals surface area contributed by atoms with E-state index in [-0.39, 0.29) is 0 Å². The van der Waals surface area contributed by atoms with E-state index < -0.39 is 8.40 Å². The minimum atomic E-state index is -1.38. The lowest BCUT2D eigenvalue weighted by molar-refractivity contribution is 0.453. The van der Waals surface area contributed by atoms with E-state index in [2.05, 4.69) is 58.1 Å². The second kappa shape index (κ2) is 5.88. The van der Waals surface area contributed by atoms with Gasteiger partial charge in [0.05, 0.1) is 0 Å². The first-order chi connectivity index (χ1) is 6.39. The van der Waals surface area contributed by atoms with Crippen molar-refractivity contribution in [2.24, 2.45) is 0 Å². The first kappa shape index (κ1) is 14.1. The van der Waals surface area contributed by atoms with Gasteiger partial charge in [-0.2, -0.15) is 0 Å². The molecular weight excluding hydrogens is 188 g/mol. The largest absolute Gasteiger partial charge is 0.317 e. The van der Waals surface area contributed by atoms with Crippen LogP contribution in [0.15, 0.2) is 0 Å². The van der Waals surface area contributed by atoms with Crippen molar-refractivity contribution >= 4 is 8.40 Å². The smallest absolute Gasteiger partial charge is 0.208 e. The summed E-state index contributed by atoms with van der Waals surface area (Å²) in [6.07, 6.45) is 2.67. The number of hydrogen-bond donors (Lipinski definition) is 0. The average Bonchev–Trinajstić information content (AvgIpc) is 2.03. The van der Waals surface area contributed by atoms with Crippen LogP contribution in [-0.4, -0.2) is 45.7 Å². The van der Waals surface area contributed by atoms with Gasteiger partial charge in [0.25, 0.3) is 0 Å². The van der Waals surface area contributed by atoms with E-state index in [0.717, 1.165) is 5.54 Å². The van der Waals surface area contributed by atoms with E-state index >= 15 is 0 Å². The van der Waals surface area contributed by atoms with Crippen LogP contribution >= 0.6 is 0 Å². The number of nitrogens with zero attached hydrogens (tertiary/aromatic N) is 2. The molecule has 2 nitrogen and oxygen atoms in total. The maximum atomic E-state index is 2.51. The van der Waals surface area contributed by atoms with Crippen LogP contribution < -0.4 is 0 Å². The molecule has 0 N–H and O–H groups in total. The third-order valence-corrected chi connectivity index (χ3v) is 9.41. The van der Waals surface area contributed by atoms with Crippen LogP contribution in [0.3, 0.4) is 0 Å². The number of unbranched alkanes of at least 4 members (excludes halogenated alkanes) is 1. The van der Waals surface area contributed by atoms with E-state index in [1.807, 2.05) is 0 Å². The van der Waals surface area contributed by atoms with Crippen molar-refractivity contribution in [3.8, 4) is 0 Å². The highest BCUT2D eigenvalue weighted by Gasteiger charge is 2.41. The number of rotatable bonds is 6. The van der Waals surface area contributed by atoms with Gasteiger partial charge in [0.15, 0.2) is 0 Å². The van der Waals surface area contributed by atoms with Crippen molar-refractivity contribution in [2.75, 3.05) is 28.2 Å². The van der Waals surface area contributed by atoms with Crippen molar-refractivity contribution < 1.29 is 0 Å². The van der Waals surface area contributed by atoms with Gasteiger partial charge in [-0.15, -0.1) is 0 Å². The Bertz CT molecular complexity index is 134. The molecule has 0 aromatic carbocycles. The highest BCUT2D eigenvalue weighted by Crippen LogP contribution is 2.30. The summed E-state index contributed by atoms with van der Waals surface area (Å²) in [6, 6.07) is 1.39. The average molecular weight is 216 g/mol. The molecule has 0 heterocycles. The molecule has 0 aliphatic rings. The molecule has 0 radical (unpaired) electrons. The summed E-state index contributed by atoms with van der Waals surface area (Å²) >= 11 is 0. The van der Waals surface area contributed by atoms with Crippen LogP contribution in [0.2, 0.25) is 11.6 Å². The van der Waals surface area contributed by atoms with Crippen molar-refractivity contribution in [3.05, 3.63) is 0 Å². The molecule has 0 aromatic heterocycles.